The second-order valence-electron chi connectivity index (χ2n) is 5.03. The molecule has 1 aliphatic rings. The van der Waals surface area contributed by atoms with Gasteiger partial charge >= 0.3 is 0 Å². The molecular formula is C16H14N2OS2. The number of benzene rings is 1. The van der Waals surface area contributed by atoms with E-state index in [-0.39, 0.29) is 11.2 Å². The molecule has 5 heteroatoms. The Balaban J connectivity index is 1.96. The van der Waals surface area contributed by atoms with Gasteiger partial charge in [-0.05, 0) is 49.2 Å². The summed E-state index contributed by atoms with van der Waals surface area (Å²) in [5.74, 6) is -0.0197. The van der Waals surface area contributed by atoms with Gasteiger partial charge in [-0.3, -0.25) is 14.7 Å². The van der Waals surface area contributed by atoms with Crippen molar-refractivity contribution in [3.63, 3.8) is 0 Å². The van der Waals surface area contributed by atoms with Crippen LogP contribution in [0, 0.1) is 13.8 Å². The maximum Gasteiger partial charge on any atom is 0.252 e. The minimum atomic E-state index is -0.349. The molecular weight excluding hydrogens is 300 g/mol. The van der Waals surface area contributed by atoms with Crippen molar-refractivity contribution in [2.24, 2.45) is 0 Å². The van der Waals surface area contributed by atoms with Crippen molar-refractivity contribution < 1.29 is 4.79 Å². The molecule has 21 heavy (non-hydrogen) atoms. The lowest BCUT2D eigenvalue weighted by molar-refractivity contribution is -0.117. The zero-order valence-electron chi connectivity index (χ0n) is 11.7. The van der Waals surface area contributed by atoms with Crippen LogP contribution >= 0.6 is 24.0 Å². The maximum atomic E-state index is 12.7. The molecule has 0 radical (unpaired) electrons. The standard InChI is InChI=1S/C16H14N2OS2/c1-10-4-3-5-12(8-10)18-15(19)14(21-16(18)20)13-9-11(2)6-7-17-13/h3-9,14H,1-2H3. The van der Waals surface area contributed by atoms with Crippen LogP contribution in [0.1, 0.15) is 22.1 Å². The number of thiocarbonyl (C=S) groups is 1. The van der Waals surface area contributed by atoms with E-state index in [0.717, 1.165) is 22.5 Å². The van der Waals surface area contributed by atoms with Crippen molar-refractivity contribution >= 4 is 39.9 Å². The normalized spacial score (nSPS) is 18.4. The molecule has 0 bridgehead atoms. The number of aryl methyl sites for hydroxylation is 2. The third-order valence-electron chi connectivity index (χ3n) is 3.31. The summed E-state index contributed by atoms with van der Waals surface area (Å²) in [6.45, 7) is 3.99. The number of nitrogens with zero attached hydrogens (tertiary/aromatic N) is 2. The van der Waals surface area contributed by atoms with Gasteiger partial charge in [-0.15, -0.1) is 0 Å². The quantitative estimate of drug-likeness (QED) is 0.789. The molecule has 1 aromatic heterocycles. The average molecular weight is 314 g/mol. The number of aromatic nitrogens is 1. The Morgan fingerprint density at radius 3 is 2.67 bits per heavy atom. The number of amides is 1. The molecule has 0 aliphatic carbocycles. The largest absolute Gasteiger partial charge is 0.272 e. The fraction of sp³-hybridized carbons (Fsp3) is 0.188. The molecule has 3 rings (SSSR count). The molecule has 0 saturated carbocycles. The van der Waals surface area contributed by atoms with E-state index in [1.807, 2.05) is 50.2 Å². The van der Waals surface area contributed by atoms with Gasteiger partial charge in [0, 0.05) is 6.20 Å². The number of hydrogen-bond acceptors (Lipinski definition) is 4. The fourth-order valence-electron chi connectivity index (χ4n) is 2.30. The molecule has 1 unspecified atom stereocenters. The van der Waals surface area contributed by atoms with Crippen LogP contribution in [0.4, 0.5) is 5.69 Å². The van der Waals surface area contributed by atoms with Crippen molar-refractivity contribution in [1.29, 1.82) is 0 Å². The zero-order chi connectivity index (χ0) is 15.0. The zero-order valence-corrected chi connectivity index (χ0v) is 13.4. The van der Waals surface area contributed by atoms with Gasteiger partial charge in [-0.1, -0.05) is 36.1 Å². The summed E-state index contributed by atoms with van der Waals surface area (Å²) in [6, 6.07) is 11.7. The highest BCUT2D eigenvalue weighted by Gasteiger charge is 2.39. The van der Waals surface area contributed by atoms with Gasteiger partial charge in [0.05, 0.1) is 11.4 Å². The van der Waals surface area contributed by atoms with Gasteiger partial charge in [-0.25, -0.2) is 0 Å². The van der Waals surface area contributed by atoms with E-state index in [9.17, 15) is 4.79 Å². The van der Waals surface area contributed by atoms with Crippen molar-refractivity contribution in [1.82, 2.24) is 4.98 Å². The smallest absolute Gasteiger partial charge is 0.252 e. The first-order valence-corrected chi connectivity index (χ1v) is 7.89. The Hall–Kier alpha value is -1.72. The van der Waals surface area contributed by atoms with Crippen LogP contribution in [-0.2, 0) is 4.79 Å². The molecule has 1 saturated heterocycles. The Morgan fingerprint density at radius 2 is 1.95 bits per heavy atom. The summed E-state index contributed by atoms with van der Waals surface area (Å²) in [5.41, 5.74) is 3.79. The van der Waals surface area contributed by atoms with E-state index in [0.29, 0.717) is 4.32 Å². The second kappa shape index (κ2) is 5.58. The molecule has 106 valence electrons. The first-order chi connectivity index (χ1) is 10.1. The number of carbonyl (C=O) groups is 1. The topological polar surface area (TPSA) is 33.2 Å². The third kappa shape index (κ3) is 2.71. The molecule has 3 nitrogen and oxygen atoms in total. The number of rotatable bonds is 2. The van der Waals surface area contributed by atoms with E-state index < -0.39 is 0 Å². The van der Waals surface area contributed by atoms with E-state index in [4.69, 9.17) is 12.2 Å². The van der Waals surface area contributed by atoms with Crippen molar-refractivity contribution in [2.45, 2.75) is 19.1 Å². The van der Waals surface area contributed by atoms with Gasteiger partial charge in [0.15, 0.2) is 0 Å². The van der Waals surface area contributed by atoms with Gasteiger partial charge < -0.3 is 0 Å². The highest BCUT2D eigenvalue weighted by Crippen LogP contribution is 2.41. The van der Waals surface area contributed by atoms with Crippen molar-refractivity contribution in [2.75, 3.05) is 4.90 Å². The summed E-state index contributed by atoms with van der Waals surface area (Å²) in [6.07, 6.45) is 1.73. The minimum Gasteiger partial charge on any atom is -0.272 e. The molecule has 0 N–H and O–H groups in total. The Morgan fingerprint density at radius 1 is 1.19 bits per heavy atom. The number of pyridine rings is 1. The van der Waals surface area contributed by atoms with Crippen LogP contribution in [0.3, 0.4) is 0 Å². The van der Waals surface area contributed by atoms with E-state index in [1.54, 1.807) is 11.1 Å². The van der Waals surface area contributed by atoms with Gasteiger partial charge in [-0.2, -0.15) is 0 Å². The molecule has 1 aliphatic heterocycles. The highest BCUT2D eigenvalue weighted by atomic mass is 32.2. The first kappa shape index (κ1) is 14.2. The molecule has 2 heterocycles. The van der Waals surface area contributed by atoms with Crippen molar-refractivity contribution in [3.8, 4) is 0 Å². The lowest BCUT2D eigenvalue weighted by atomic mass is 10.1. The molecule has 1 fully saturated rings. The molecule has 1 amide bonds. The minimum absolute atomic E-state index is 0.0197. The lowest BCUT2D eigenvalue weighted by Gasteiger charge is -2.16. The maximum absolute atomic E-state index is 12.7. The summed E-state index contributed by atoms with van der Waals surface area (Å²) in [7, 11) is 0. The van der Waals surface area contributed by atoms with E-state index in [2.05, 4.69) is 4.98 Å². The van der Waals surface area contributed by atoms with Crippen LogP contribution < -0.4 is 4.90 Å². The second-order valence-corrected chi connectivity index (χ2v) is 6.77. The predicted molar refractivity (Wildman–Crippen MR) is 90.6 cm³/mol. The third-order valence-corrected chi connectivity index (χ3v) is 4.85. The highest BCUT2D eigenvalue weighted by molar-refractivity contribution is 8.24. The lowest BCUT2D eigenvalue weighted by Crippen LogP contribution is -2.29. The van der Waals surface area contributed by atoms with Crippen LogP contribution in [0.25, 0.3) is 0 Å². The summed E-state index contributed by atoms with van der Waals surface area (Å²) >= 11 is 6.78. The summed E-state index contributed by atoms with van der Waals surface area (Å²) in [4.78, 5) is 18.7. The van der Waals surface area contributed by atoms with Crippen molar-refractivity contribution in [3.05, 3.63) is 59.4 Å². The number of hydrogen-bond donors (Lipinski definition) is 0. The summed E-state index contributed by atoms with van der Waals surface area (Å²) < 4.78 is 0.582. The SMILES string of the molecule is Cc1cccc(N2C(=O)C(c3cc(C)ccn3)SC2=S)c1. The first-order valence-electron chi connectivity index (χ1n) is 6.60. The molecule has 0 spiro atoms. The number of thioether (sulfide) groups is 1. The Bertz CT molecular complexity index is 730. The Kier molecular flexibility index (Phi) is 3.78. The summed E-state index contributed by atoms with van der Waals surface area (Å²) in [5, 5.41) is -0.349. The monoisotopic (exact) mass is 314 g/mol. The molecule has 1 aromatic carbocycles. The molecule has 2 aromatic rings. The average Bonchev–Trinajstić information content (AvgIpc) is 2.74. The number of carbonyl (C=O) groups excluding carboxylic acids is 1. The van der Waals surface area contributed by atoms with Crippen LogP contribution in [0.15, 0.2) is 42.6 Å². The molecule has 1 atom stereocenters. The van der Waals surface area contributed by atoms with Crippen LogP contribution in [0.5, 0.6) is 0 Å². The van der Waals surface area contributed by atoms with Crippen LogP contribution in [0.2, 0.25) is 0 Å². The Labute approximate surface area is 133 Å². The van der Waals surface area contributed by atoms with Gasteiger partial charge in [0.1, 0.15) is 9.57 Å². The van der Waals surface area contributed by atoms with Gasteiger partial charge in [0.2, 0.25) is 0 Å². The van der Waals surface area contributed by atoms with Crippen LogP contribution in [-0.4, -0.2) is 15.2 Å². The predicted octanol–water partition coefficient (Wildman–Crippen LogP) is 3.80. The number of anilines is 1. The van der Waals surface area contributed by atoms with E-state index >= 15 is 0 Å². The fourth-order valence-corrected chi connectivity index (χ4v) is 3.74. The van der Waals surface area contributed by atoms with Gasteiger partial charge in [0.25, 0.3) is 5.91 Å². The van der Waals surface area contributed by atoms with E-state index in [1.165, 1.54) is 11.8 Å².